The minimum absolute atomic E-state index is 0.0807. The van der Waals surface area contributed by atoms with Crippen LogP contribution in [-0.4, -0.2) is 17.0 Å². The van der Waals surface area contributed by atoms with Crippen molar-refractivity contribution < 1.29 is 14.7 Å². The van der Waals surface area contributed by atoms with Crippen LogP contribution in [0.3, 0.4) is 0 Å². The predicted molar refractivity (Wildman–Crippen MR) is 81.4 cm³/mol. The van der Waals surface area contributed by atoms with E-state index >= 15 is 0 Å². The number of rotatable bonds is 3. The maximum atomic E-state index is 12.1. The van der Waals surface area contributed by atoms with Crippen molar-refractivity contribution in [2.75, 3.05) is 5.32 Å². The molecular weight excluding hydrogens is 302 g/mol. The molecule has 0 radical (unpaired) electrons. The van der Waals surface area contributed by atoms with Crippen molar-refractivity contribution in [3.8, 4) is 6.07 Å². The first-order valence-corrected chi connectivity index (χ1v) is 6.85. The van der Waals surface area contributed by atoms with Gasteiger partial charge in [-0.05, 0) is 36.8 Å². The van der Waals surface area contributed by atoms with E-state index < -0.39 is 11.9 Å². The van der Waals surface area contributed by atoms with E-state index in [0.29, 0.717) is 15.4 Å². The van der Waals surface area contributed by atoms with Crippen LogP contribution in [0.4, 0.5) is 10.7 Å². The molecule has 0 aliphatic rings. The van der Waals surface area contributed by atoms with Crippen LogP contribution in [0.25, 0.3) is 4.85 Å². The lowest BCUT2D eigenvalue weighted by Gasteiger charge is -2.04. The van der Waals surface area contributed by atoms with Crippen molar-refractivity contribution in [2.45, 2.75) is 6.92 Å². The van der Waals surface area contributed by atoms with E-state index in [1.807, 2.05) is 6.07 Å². The van der Waals surface area contributed by atoms with E-state index in [4.69, 9.17) is 16.9 Å². The number of amides is 1. The highest BCUT2D eigenvalue weighted by Gasteiger charge is 2.17. The molecule has 0 spiro atoms. The Morgan fingerprint density at radius 2 is 1.91 bits per heavy atom. The molecule has 0 aliphatic carbocycles. The van der Waals surface area contributed by atoms with E-state index in [2.05, 4.69) is 10.2 Å². The van der Waals surface area contributed by atoms with Gasteiger partial charge in [0.1, 0.15) is 11.1 Å². The lowest BCUT2D eigenvalue weighted by atomic mass is 10.1. The molecule has 0 fully saturated rings. The molecule has 1 heterocycles. The molecule has 0 aliphatic heterocycles. The summed E-state index contributed by atoms with van der Waals surface area (Å²) in [5.74, 6) is -1.54. The molecule has 1 aromatic carbocycles. The number of carboxylic acid groups (broad SMARTS) is 1. The zero-order valence-corrected chi connectivity index (χ0v) is 12.2. The van der Waals surface area contributed by atoms with Gasteiger partial charge in [-0.3, -0.25) is 4.79 Å². The number of carboxylic acids is 1. The summed E-state index contributed by atoms with van der Waals surface area (Å²) in [7, 11) is 0. The highest BCUT2D eigenvalue weighted by atomic mass is 32.1. The Kier molecular flexibility index (Phi) is 4.21. The second-order valence-corrected chi connectivity index (χ2v) is 5.31. The minimum Gasteiger partial charge on any atom is -0.478 e. The fourth-order valence-corrected chi connectivity index (χ4v) is 2.71. The number of thiophene rings is 1. The van der Waals surface area contributed by atoms with E-state index in [-0.39, 0.29) is 16.8 Å². The molecule has 1 amide bonds. The van der Waals surface area contributed by atoms with Gasteiger partial charge in [0.25, 0.3) is 5.91 Å². The van der Waals surface area contributed by atoms with Crippen LogP contribution in [0.15, 0.2) is 24.3 Å². The quantitative estimate of drug-likeness (QED) is 0.849. The van der Waals surface area contributed by atoms with Gasteiger partial charge < -0.3 is 10.4 Å². The molecule has 1 aromatic heterocycles. The number of benzene rings is 1. The summed E-state index contributed by atoms with van der Waals surface area (Å²) in [4.78, 5) is 26.6. The Hall–Kier alpha value is -3.16. The molecule has 0 saturated carbocycles. The fourth-order valence-electron chi connectivity index (χ4n) is 1.77. The van der Waals surface area contributed by atoms with Crippen LogP contribution >= 0.6 is 11.3 Å². The number of hydrogen-bond acceptors (Lipinski definition) is 4. The molecule has 0 atom stereocenters. The molecule has 0 unspecified atom stereocenters. The molecule has 22 heavy (non-hydrogen) atoms. The van der Waals surface area contributed by atoms with E-state index in [9.17, 15) is 9.59 Å². The second-order valence-electron chi connectivity index (χ2n) is 4.29. The summed E-state index contributed by atoms with van der Waals surface area (Å²) in [5, 5.41) is 20.7. The minimum atomic E-state index is -1.07. The lowest BCUT2D eigenvalue weighted by Crippen LogP contribution is -2.11. The molecule has 108 valence electrons. The third-order valence-corrected chi connectivity index (χ3v) is 4.05. The van der Waals surface area contributed by atoms with Gasteiger partial charge >= 0.3 is 5.97 Å². The fraction of sp³-hybridized carbons (Fsp3) is 0.0667. The molecule has 6 nitrogen and oxygen atoms in total. The van der Waals surface area contributed by atoms with E-state index in [1.54, 1.807) is 6.92 Å². The standard InChI is InChI=1S/C15H9N3O3S/c1-8-11(7-16)22-14(12(8)17-2)18-13(19)9-3-5-10(6-4-9)15(20)21/h3-6H,1H3,(H,18,19)(H,20,21). The highest BCUT2D eigenvalue weighted by molar-refractivity contribution is 7.17. The maximum Gasteiger partial charge on any atom is 0.335 e. The van der Waals surface area contributed by atoms with Crippen molar-refractivity contribution in [3.05, 3.63) is 57.3 Å². The Balaban J connectivity index is 2.28. The lowest BCUT2D eigenvalue weighted by molar-refractivity contribution is 0.0696. The molecule has 0 bridgehead atoms. The molecular formula is C15H9N3O3S. The molecule has 2 rings (SSSR count). The van der Waals surface area contributed by atoms with Gasteiger partial charge in [-0.25, -0.2) is 9.64 Å². The third-order valence-electron chi connectivity index (χ3n) is 2.95. The number of carbonyl (C=O) groups is 2. The van der Waals surface area contributed by atoms with Gasteiger partial charge in [0.2, 0.25) is 5.69 Å². The molecule has 2 aromatic rings. The number of aromatic carboxylic acids is 1. The van der Waals surface area contributed by atoms with Crippen LogP contribution in [0.1, 0.15) is 31.2 Å². The number of carbonyl (C=O) groups excluding carboxylic acids is 1. The monoisotopic (exact) mass is 311 g/mol. The average Bonchev–Trinajstić information content (AvgIpc) is 2.82. The van der Waals surface area contributed by atoms with Gasteiger partial charge in [-0.1, -0.05) is 0 Å². The predicted octanol–water partition coefficient (Wildman–Crippen LogP) is 3.43. The summed E-state index contributed by atoms with van der Waals surface area (Å²) >= 11 is 1.04. The zero-order valence-electron chi connectivity index (χ0n) is 11.4. The van der Waals surface area contributed by atoms with Crippen LogP contribution in [0.5, 0.6) is 0 Å². The van der Waals surface area contributed by atoms with Crippen LogP contribution in [0.2, 0.25) is 0 Å². The maximum absolute atomic E-state index is 12.1. The topological polar surface area (TPSA) is 94.6 Å². The van der Waals surface area contributed by atoms with Crippen LogP contribution in [-0.2, 0) is 0 Å². The first kappa shape index (κ1) is 15.2. The van der Waals surface area contributed by atoms with Gasteiger partial charge in [-0.2, -0.15) is 5.26 Å². The van der Waals surface area contributed by atoms with Crippen LogP contribution < -0.4 is 5.32 Å². The van der Waals surface area contributed by atoms with E-state index in [1.165, 1.54) is 24.3 Å². The van der Waals surface area contributed by atoms with Crippen LogP contribution in [0, 0.1) is 24.8 Å². The molecule has 2 N–H and O–H groups in total. The average molecular weight is 311 g/mol. The first-order chi connectivity index (χ1) is 10.5. The third kappa shape index (κ3) is 2.80. The van der Waals surface area contributed by atoms with Gasteiger partial charge in [0.05, 0.1) is 17.0 Å². The van der Waals surface area contributed by atoms with Crippen molar-refractivity contribution >= 4 is 33.9 Å². The Morgan fingerprint density at radius 3 is 2.41 bits per heavy atom. The Bertz CT molecular complexity index is 839. The van der Waals surface area contributed by atoms with E-state index in [0.717, 1.165) is 11.3 Å². The summed E-state index contributed by atoms with van der Waals surface area (Å²) in [5.41, 5.74) is 1.14. The number of hydrogen-bond donors (Lipinski definition) is 2. The summed E-state index contributed by atoms with van der Waals surface area (Å²) in [6.45, 7) is 8.80. The number of nitriles is 1. The number of nitrogens with one attached hydrogen (secondary N) is 1. The first-order valence-electron chi connectivity index (χ1n) is 6.03. The Labute approximate surface area is 130 Å². The summed E-state index contributed by atoms with van der Waals surface area (Å²) in [6, 6.07) is 7.42. The second kappa shape index (κ2) is 6.08. The van der Waals surface area contributed by atoms with Gasteiger partial charge in [-0.15, -0.1) is 11.3 Å². The van der Waals surface area contributed by atoms with Crippen molar-refractivity contribution in [3.63, 3.8) is 0 Å². The van der Waals surface area contributed by atoms with Crippen molar-refractivity contribution in [2.24, 2.45) is 0 Å². The zero-order chi connectivity index (χ0) is 16.3. The van der Waals surface area contributed by atoms with Crippen molar-refractivity contribution in [1.29, 1.82) is 5.26 Å². The summed E-state index contributed by atoms with van der Waals surface area (Å²) in [6.07, 6.45) is 0. The van der Waals surface area contributed by atoms with Crippen molar-refractivity contribution in [1.82, 2.24) is 0 Å². The van der Waals surface area contributed by atoms with Gasteiger partial charge in [0.15, 0.2) is 0 Å². The smallest absolute Gasteiger partial charge is 0.335 e. The molecule has 7 heteroatoms. The SMILES string of the molecule is [C-]#[N+]c1c(NC(=O)c2ccc(C(=O)O)cc2)sc(C#N)c1C. The number of anilines is 1. The molecule has 0 saturated heterocycles. The Morgan fingerprint density at radius 1 is 1.32 bits per heavy atom. The normalized spacial score (nSPS) is 9.59. The largest absolute Gasteiger partial charge is 0.478 e. The highest BCUT2D eigenvalue weighted by Crippen LogP contribution is 2.39. The summed E-state index contributed by atoms with van der Waals surface area (Å²) < 4.78 is 0. The number of nitrogens with zero attached hydrogens (tertiary/aromatic N) is 2. The van der Waals surface area contributed by atoms with Gasteiger partial charge in [0, 0.05) is 5.56 Å².